The lowest BCUT2D eigenvalue weighted by Gasteiger charge is -2.11. The summed E-state index contributed by atoms with van der Waals surface area (Å²) >= 11 is 0. The molecule has 0 amide bonds. The molecule has 1 aliphatic heterocycles. The van der Waals surface area contributed by atoms with Crippen molar-refractivity contribution in [2.45, 2.75) is 6.54 Å². The van der Waals surface area contributed by atoms with E-state index in [0.717, 1.165) is 21.6 Å². The third-order valence-corrected chi connectivity index (χ3v) is 3.94. The smallest absolute Gasteiger partial charge is 0.228 e. The lowest BCUT2D eigenvalue weighted by atomic mass is 9.98. The third kappa shape index (κ3) is 2.09. The number of nitrogens with zero attached hydrogens (tertiary/aromatic N) is 4. The van der Waals surface area contributed by atoms with Gasteiger partial charge in [0.1, 0.15) is 0 Å². The van der Waals surface area contributed by atoms with Crippen LogP contribution in [0.15, 0.2) is 60.9 Å². The van der Waals surface area contributed by atoms with E-state index < -0.39 is 0 Å². The number of benzene rings is 2. The molecule has 0 unspecified atom stereocenters. The van der Waals surface area contributed by atoms with E-state index in [0.29, 0.717) is 17.1 Å². The van der Waals surface area contributed by atoms with Crippen LogP contribution in [0, 0.1) is 16.5 Å². The van der Waals surface area contributed by atoms with Gasteiger partial charge >= 0.3 is 0 Å². The summed E-state index contributed by atoms with van der Waals surface area (Å²) in [5.74, 6) is 0.678. The highest BCUT2D eigenvalue weighted by Crippen LogP contribution is 2.25. The van der Waals surface area contributed by atoms with E-state index in [1.807, 2.05) is 47.2 Å². The van der Waals surface area contributed by atoms with E-state index in [-0.39, 0.29) is 6.54 Å². The molecule has 23 heavy (non-hydrogen) atoms. The van der Waals surface area contributed by atoms with Crippen LogP contribution in [0.4, 0.5) is 0 Å². The van der Waals surface area contributed by atoms with Crippen molar-refractivity contribution in [3.8, 4) is 11.8 Å². The Labute approximate surface area is 133 Å². The minimum Gasteiger partial charge on any atom is -0.623 e. The van der Waals surface area contributed by atoms with Gasteiger partial charge in [-0.2, -0.15) is 10.0 Å². The molecule has 0 aliphatic carbocycles. The van der Waals surface area contributed by atoms with Crippen molar-refractivity contribution in [3.05, 3.63) is 88.6 Å². The third-order valence-electron chi connectivity index (χ3n) is 3.94. The van der Waals surface area contributed by atoms with Crippen LogP contribution in [0.2, 0.25) is 0 Å². The topological polar surface area (TPSA) is 67.7 Å². The van der Waals surface area contributed by atoms with Crippen LogP contribution in [-0.4, -0.2) is 20.0 Å². The molecule has 3 aromatic rings. The van der Waals surface area contributed by atoms with E-state index in [9.17, 15) is 10.5 Å². The maximum Gasteiger partial charge on any atom is 0.228 e. The van der Waals surface area contributed by atoms with Gasteiger partial charge < -0.3 is 5.21 Å². The predicted octanol–water partition coefficient (Wildman–Crippen LogP) is 2.61. The summed E-state index contributed by atoms with van der Waals surface area (Å²) in [7, 11) is 0. The molecule has 2 aromatic carbocycles. The van der Waals surface area contributed by atoms with Gasteiger partial charge in [0.25, 0.3) is 0 Å². The zero-order valence-electron chi connectivity index (χ0n) is 12.2. The highest BCUT2D eigenvalue weighted by molar-refractivity contribution is 6.12. The molecule has 0 spiro atoms. The molecule has 0 saturated carbocycles. The van der Waals surface area contributed by atoms with Crippen molar-refractivity contribution in [1.29, 1.82) is 5.26 Å². The molecule has 5 heteroatoms. The van der Waals surface area contributed by atoms with Gasteiger partial charge in [0.15, 0.2) is 5.82 Å². The summed E-state index contributed by atoms with van der Waals surface area (Å²) in [6, 6.07) is 17.0. The number of nitriles is 1. The lowest BCUT2D eigenvalue weighted by molar-refractivity contribution is -0.475. The molecule has 0 radical (unpaired) electrons. The van der Waals surface area contributed by atoms with E-state index in [2.05, 4.69) is 11.1 Å². The quantitative estimate of drug-likeness (QED) is 0.512. The molecular weight excluding hydrogens is 288 g/mol. The zero-order valence-corrected chi connectivity index (χ0v) is 12.2. The molecule has 0 atom stereocenters. The monoisotopic (exact) mass is 300 g/mol. The van der Waals surface area contributed by atoms with Crippen molar-refractivity contribution in [3.63, 3.8) is 0 Å². The first-order valence-corrected chi connectivity index (χ1v) is 7.22. The molecule has 0 N–H and O–H groups in total. The van der Waals surface area contributed by atoms with Gasteiger partial charge in [-0.05, 0) is 30.3 Å². The van der Waals surface area contributed by atoms with Gasteiger partial charge in [0, 0.05) is 18.0 Å². The molecule has 0 bridgehead atoms. The van der Waals surface area contributed by atoms with Crippen molar-refractivity contribution in [2.24, 2.45) is 0 Å². The second kappa shape index (κ2) is 5.11. The van der Waals surface area contributed by atoms with Crippen molar-refractivity contribution in [1.82, 2.24) is 9.55 Å². The van der Waals surface area contributed by atoms with Crippen LogP contribution in [0.3, 0.4) is 0 Å². The summed E-state index contributed by atoms with van der Waals surface area (Å²) in [5, 5.41) is 22.0. The highest BCUT2D eigenvalue weighted by atomic mass is 16.5. The fourth-order valence-corrected chi connectivity index (χ4v) is 2.91. The van der Waals surface area contributed by atoms with Gasteiger partial charge in [-0.25, -0.2) is 4.98 Å². The van der Waals surface area contributed by atoms with E-state index in [4.69, 9.17) is 0 Å². The summed E-state index contributed by atoms with van der Waals surface area (Å²) in [6.45, 7) is 0.161. The molecule has 5 nitrogen and oxygen atoms in total. The Kier molecular flexibility index (Phi) is 2.95. The largest absolute Gasteiger partial charge is 0.623 e. The predicted molar refractivity (Wildman–Crippen MR) is 85.3 cm³/mol. The SMILES string of the molecule is N#Cc1ccc2c(c1)C(c1ccccc1)=[N+]([O-])Cc1nccn1-2. The number of imidazole rings is 1. The van der Waals surface area contributed by atoms with E-state index in [1.165, 1.54) is 0 Å². The Morgan fingerprint density at radius 3 is 2.78 bits per heavy atom. The van der Waals surface area contributed by atoms with Gasteiger partial charge in [-0.1, -0.05) is 18.2 Å². The summed E-state index contributed by atoms with van der Waals surface area (Å²) in [5.41, 5.74) is 3.50. The Morgan fingerprint density at radius 1 is 1.17 bits per heavy atom. The van der Waals surface area contributed by atoms with Crippen LogP contribution in [0.1, 0.15) is 22.5 Å². The summed E-state index contributed by atoms with van der Waals surface area (Å²) in [4.78, 5) is 4.28. The number of rotatable bonds is 1. The van der Waals surface area contributed by atoms with Crippen LogP contribution in [-0.2, 0) is 6.54 Å². The van der Waals surface area contributed by atoms with Crippen LogP contribution in [0.25, 0.3) is 5.69 Å². The number of aromatic nitrogens is 2. The van der Waals surface area contributed by atoms with Gasteiger partial charge in [0.2, 0.25) is 12.3 Å². The second-order valence-corrected chi connectivity index (χ2v) is 5.31. The maximum absolute atomic E-state index is 12.8. The molecule has 1 aliphatic rings. The molecule has 110 valence electrons. The van der Waals surface area contributed by atoms with Gasteiger partial charge in [0.05, 0.1) is 22.9 Å². The minimum absolute atomic E-state index is 0.161. The fraction of sp³-hybridized carbons (Fsp3) is 0.0556. The normalized spacial score (nSPS) is 13.0. The highest BCUT2D eigenvalue weighted by Gasteiger charge is 2.26. The molecule has 2 heterocycles. The van der Waals surface area contributed by atoms with Crippen LogP contribution >= 0.6 is 0 Å². The summed E-state index contributed by atoms with van der Waals surface area (Å²) < 4.78 is 2.85. The molecule has 4 rings (SSSR count). The first kappa shape index (κ1) is 13.3. The van der Waals surface area contributed by atoms with Gasteiger partial charge in [-0.3, -0.25) is 4.57 Å². The van der Waals surface area contributed by atoms with Crippen molar-refractivity contribution in [2.75, 3.05) is 0 Å². The number of hydroxylamine groups is 1. The Bertz CT molecular complexity index is 964. The summed E-state index contributed by atoms with van der Waals surface area (Å²) in [6.07, 6.45) is 3.51. The Balaban J connectivity index is 2.06. The fourth-order valence-electron chi connectivity index (χ4n) is 2.91. The average molecular weight is 300 g/mol. The number of hydrogen-bond acceptors (Lipinski definition) is 3. The Hall–Kier alpha value is -3.39. The number of fused-ring (bicyclic) bond motifs is 3. The second-order valence-electron chi connectivity index (χ2n) is 5.31. The van der Waals surface area contributed by atoms with E-state index in [1.54, 1.807) is 18.3 Å². The Morgan fingerprint density at radius 2 is 2.00 bits per heavy atom. The van der Waals surface area contributed by atoms with Gasteiger partial charge in [-0.15, -0.1) is 0 Å². The molecule has 0 fully saturated rings. The number of hydrogen-bond donors (Lipinski definition) is 0. The lowest BCUT2D eigenvalue weighted by Crippen LogP contribution is -2.17. The zero-order chi connectivity index (χ0) is 15.8. The maximum atomic E-state index is 12.8. The molecule has 1 aromatic heterocycles. The molecule has 0 saturated heterocycles. The van der Waals surface area contributed by atoms with Crippen molar-refractivity contribution >= 4 is 5.71 Å². The standard InChI is InChI=1S/C18H12N4O/c19-11-13-6-7-16-15(10-13)18(14-4-2-1-3-5-14)22(23)12-17-20-8-9-21(16)17/h1-10H,12H2. The van der Waals surface area contributed by atoms with Crippen LogP contribution in [0.5, 0.6) is 0 Å². The van der Waals surface area contributed by atoms with Crippen LogP contribution < -0.4 is 0 Å². The average Bonchev–Trinajstić information content (AvgIpc) is 2.99. The van der Waals surface area contributed by atoms with Crippen molar-refractivity contribution < 1.29 is 4.74 Å². The first-order valence-electron chi connectivity index (χ1n) is 7.22. The van der Waals surface area contributed by atoms with E-state index >= 15 is 0 Å². The minimum atomic E-state index is 0.161. The molecular formula is C18H12N4O. The first-order chi connectivity index (χ1) is 11.3.